The Kier molecular flexibility index (Phi) is 6.44. The molecular weight excluding hydrogens is 437 g/mol. The average Bonchev–Trinajstić information content (AvgIpc) is 2.67. The van der Waals surface area contributed by atoms with Gasteiger partial charge in [0.15, 0.2) is 18.9 Å². The highest BCUT2D eigenvalue weighted by Crippen LogP contribution is 2.22. The summed E-state index contributed by atoms with van der Waals surface area (Å²) in [6.07, 6.45) is 3.87. The lowest BCUT2D eigenvalue weighted by atomic mass is 10.1. The molecule has 148 valence electrons. The second-order valence-corrected chi connectivity index (χ2v) is 6.70. The van der Waals surface area contributed by atoms with Crippen LogP contribution >= 0.6 is 0 Å². The van der Waals surface area contributed by atoms with Crippen LogP contribution in [-0.2, 0) is 13.2 Å². The molecule has 0 atom stereocenters. The summed E-state index contributed by atoms with van der Waals surface area (Å²) >= 11 is 0. The predicted molar refractivity (Wildman–Crippen MR) is 104 cm³/mol. The molecule has 0 bridgehead atoms. The first-order chi connectivity index (χ1) is 13.6. The molecule has 4 nitrogen and oxygen atoms in total. The van der Waals surface area contributed by atoms with E-state index in [1.165, 1.54) is 18.2 Å². The number of rotatable bonds is 5. The van der Waals surface area contributed by atoms with Crippen LogP contribution in [0.15, 0.2) is 82.3 Å². The summed E-state index contributed by atoms with van der Waals surface area (Å²) in [7, 11) is 0. The highest BCUT2D eigenvalue weighted by atomic mass is 79.9. The number of halogens is 2. The van der Waals surface area contributed by atoms with Crippen LogP contribution < -0.4 is 31.9 Å². The molecule has 2 heterocycles. The van der Waals surface area contributed by atoms with Crippen molar-refractivity contribution in [3.63, 3.8) is 0 Å². The van der Waals surface area contributed by atoms with Crippen LogP contribution in [0.2, 0.25) is 0 Å². The van der Waals surface area contributed by atoms with Gasteiger partial charge >= 0.3 is 5.63 Å². The van der Waals surface area contributed by atoms with Crippen LogP contribution in [0, 0.1) is 12.7 Å². The van der Waals surface area contributed by atoms with E-state index in [1.54, 1.807) is 12.1 Å². The summed E-state index contributed by atoms with van der Waals surface area (Å²) in [5, 5.41) is 0.894. The Balaban J connectivity index is 0.00000240. The first-order valence-electron chi connectivity index (χ1n) is 8.96. The van der Waals surface area contributed by atoms with Crippen molar-refractivity contribution in [3.05, 3.63) is 106 Å². The highest BCUT2D eigenvalue weighted by Gasteiger charge is 2.07. The number of pyridine rings is 1. The van der Waals surface area contributed by atoms with Crippen molar-refractivity contribution in [1.82, 2.24) is 0 Å². The Hall–Kier alpha value is -2.99. The Labute approximate surface area is 178 Å². The van der Waals surface area contributed by atoms with Gasteiger partial charge in [-0.3, -0.25) is 0 Å². The second kappa shape index (κ2) is 9.01. The fourth-order valence-electron chi connectivity index (χ4n) is 3.10. The zero-order valence-corrected chi connectivity index (χ0v) is 17.4. The fraction of sp³-hybridized carbons (Fsp3) is 0.130. The average molecular weight is 456 g/mol. The van der Waals surface area contributed by atoms with Crippen molar-refractivity contribution in [2.24, 2.45) is 0 Å². The van der Waals surface area contributed by atoms with Gasteiger partial charge in [-0.15, -0.1) is 0 Å². The summed E-state index contributed by atoms with van der Waals surface area (Å²) in [6.45, 7) is 2.87. The number of ether oxygens (including phenoxy) is 1. The van der Waals surface area contributed by atoms with E-state index in [0.29, 0.717) is 24.5 Å². The fourth-order valence-corrected chi connectivity index (χ4v) is 3.10. The second-order valence-electron chi connectivity index (χ2n) is 6.70. The number of nitrogens with zero attached hydrogens (tertiary/aromatic N) is 1. The van der Waals surface area contributed by atoms with Crippen molar-refractivity contribution in [3.8, 4) is 5.75 Å². The molecule has 0 unspecified atom stereocenters. The maximum Gasteiger partial charge on any atom is 0.336 e. The molecule has 4 rings (SSSR count). The maximum atomic E-state index is 13.3. The van der Waals surface area contributed by atoms with Gasteiger partial charge in [-0.2, -0.15) is 0 Å². The first-order valence-corrected chi connectivity index (χ1v) is 8.96. The van der Waals surface area contributed by atoms with Gasteiger partial charge in [-0.05, 0) is 36.8 Å². The standard InChI is InChI=1S/C23H19FNO3.BrH/c1-16-11-23(26)28-22-13-20(5-6-21(16)22)27-15-17-7-9-25(10-8-17)14-18-3-2-4-19(24)12-18;/h2-13H,14-15H2,1H3;1H/q+1;/p-1. The minimum Gasteiger partial charge on any atom is -1.00 e. The molecule has 0 saturated heterocycles. The largest absolute Gasteiger partial charge is 1.00 e. The van der Waals surface area contributed by atoms with Gasteiger partial charge in [0.1, 0.15) is 23.8 Å². The lowest BCUT2D eigenvalue weighted by molar-refractivity contribution is -0.688. The number of aromatic nitrogens is 1. The summed E-state index contributed by atoms with van der Waals surface area (Å²) in [4.78, 5) is 11.5. The quantitative estimate of drug-likeness (QED) is 0.335. The Bertz CT molecular complexity index is 1190. The van der Waals surface area contributed by atoms with E-state index in [2.05, 4.69) is 0 Å². The van der Waals surface area contributed by atoms with Crippen LogP contribution in [-0.4, -0.2) is 0 Å². The molecule has 0 fully saturated rings. The third kappa shape index (κ3) is 5.09. The van der Waals surface area contributed by atoms with Crippen LogP contribution in [0.25, 0.3) is 11.0 Å². The Morgan fingerprint density at radius 3 is 2.55 bits per heavy atom. The number of aryl methyl sites for hydroxylation is 1. The Morgan fingerprint density at radius 2 is 1.79 bits per heavy atom. The number of hydrogen-bond acceptors (Lipinski definition) is 3. The molecule has 0 aliphatic rings. The van der Waals surface area contributed by atoms with E-state index in [1.807, 2.05) is 54.2 Å². The van der Waals surface area contributed by atoms with E-state index >= 15 is 0 Å². The lowest BCUT2D eigenvalue weighted by Gasteiger charge is -2.07. The van der Waals surface area contributed by atoms with Gasteiger partial charge in [-0.1, -0.05) is 12.1 Å². The minimum atomic E-state index is -0.368. The van der Waals surface area contributed by atoms with E-state index in [0.717, 1.165) is 22.1 Å². The third-order valence-electron chi connectivity index (χ3n) is 4.54. The lowest BCUT2D eigenvalue weighted by Crippen LogP contribution is -3.00. The zero-order valence-electron chi connectivity index (χ0n) is 15.8. The normalized spacial score (nSPS) is 10.6. The summed E-state index contributed by atoms with van der Waals surface area (Å²) < 4.78 is 26.3. The SMILES string of the molecule is Cc1cc(=O)oc2cc(OCc3cc[n+](Cc4cccc(F)c4)cc3)ccc12.[Br-]. The maximum absolute atomic E-state index is 13.3. The van der Waals surface area contributed by atoms with Crippen LogP contribution in [0.4, 0.5) is 4.39 Å². The topological polar surface area (TPSA) is 43.3 Å². The van der Waals surface area contributed by atoms with Gasteiger partial charge in [0, 0.05) is 40.8 Å². The molecule has 0 amide bonds. The van der Waals surface area contributed by atoms with E-state index in [-0.39, 0.29) is 28.4 Å². The van der Waals surface area contributed by atoms with Crippen LogP contribution in [0.3, 0.4) is 0 Å². The molecule has 4 aromatic rings. The minimum absolute atomic E-state index is 0. The highest BCUT2D eigenvalue weighted by molar-refractivity contribution is 5.81. The van der Waals surface area contributed by atoms with Crippen molar-refractivity contribution in [2.45, 2.75) is 20.1 Å². The first kappa shape index (κ1) is 20.7. The van der Waals surface area contributed by atoms with E-state index < -0.39 is 0 Å². The van der Waals surface area contributed by atoms with Crippen LogP contribution in [0.5, 0.6) is 5.75 Å². The van der Waals surface area contributed by atoms with Gasteiger partial charge in [0.25, 0.3) is 0 Å². The molecule has 29 heavy (non-hydrogen) atoms. The molecule has 2 aromatic carbocycles. The van der Waals surface area contributed by atoms with E-state index in [4.69, 9.17) is 9.15 Å². The number of benzene rings is 2. The molecule has 0 radical (unpaired) electrons. The molecule has 0 spiro atoms. The monoisotopic (exact) mass is 455 g/mol. The summed E-state index contributed by atoms with van der Waals surface area (Å²) in [5.74, 6) is 0.405. The molecule has 6 heteroatoms. The van der Waals surface area contributed by atoms with Crippen molar-refractivity contribution >= 4 is 11.0 Å². The summed E-state index contributed by atoms with van der Waals surface area (Å²) in [5.41, 5.74) is 2.93. The van der Waals surface area contributed by atoms with Crippen molar-refractivity contribution < 1.29 is 35.1 Å². The molecule has 2 aromatic heterocycles. The van der Waals surface area contributed by atoms with Gasteiger partial charge in [-0.25, -0.2) is 13.8 Å². The van der Waals surface area contributed by atoms with Gasteiger partial charge < -0.3 is 26.1 Å². The predicted octanol–water partition coefficient (Wildman–Crippen LogP) is 1.16. The molecule has 0 aliphatic heterocycles. The van der Waals surface area contributed by atoms with Crippen molar-refractivity contribution in [1.29, 1.82) is 0 Å². The third-order valence-corrected chi connectivity index (χ3v) is 4.54. The summed E-state index contributed by atoms with van der Waals surface area (Å²) in [6, 6.07) is 17.5. The Morgan fingerprint density at radius 1 is 1.00 bits per heavy atom. The van der Waals surface area contributed by atoms with Crippen LogP contribution in [0.1, 0.15) is 16.7 Å². The number of hydrogen-bond donors (Lipinski definition) is 0. The van der Waals surface area contributed by atoms with E-state index in [9.17, 15) is 9.18 Å². The number of fused-ring (bicyclic) bond motifs is 1. The molecule has 0 aliphatic carbocycles. The van der Waals surface area contributed by atoms with Crippen molar-refractivity contribution in [2.75, 3.05) is 0 Å². The van der Waals surface area contributed by atoms with Gasteiger partial charge in [0.2, 0.25) is 0 Å². The van der Waals surface area contributed by atoms with Gasteiger partial charge in [0.05, 0.1) is 0 Å². The molecular formula is C23H19BrFNO3. The smallest absolute Gasteiger partial charge is 0.336 e. The molecule has 0 saturated carbocycles. The molecule has 0 N–H and O–H groups in total. The zero-order chi connectivity index (χ0) is 19.5.